The van der Waals surface area contributed by atoms with Crippen LogP contribution in [0, 0.1) is 45.3 Å². The third kappa shape index (κ3) is 5.28. The highest BCUT2D eigenvalue weighted by atomic mass is 16.7. The van der Waals surface area contributed by atoms with E-state index >= 15 is 0 Å². The average molecular weight is 655 g/mol. The summed E-state index contributed by atoms with van der Waals surface area (Å²) in [6.45, 7) is 18.0. The molecule has 0 bridgehead atoms. The zero-order valence-electron chi connectivity index (χ0n) is 29.0. The van der Waals surface area contributed by atoms with Gasteiger partial charge < -0.3 is 50.3 Å². The maximum Gasteiger partial charge on any atom is 0.187 e. The maximum absolute atomic E-state index is 12.1. The quantitative estimate of drug-likeness (QED) is 0.143. The minimum absolute atomic E-state index is 0.0459. The minimum Gasteiger partial charge on any atom is -0.394 e. The van der Waals surface area contributed by atoms with Gasteiger partial charge in [-0.05, 0) is 105 Å². The van der Waals surface area contributed by atoms with E-state index < -0.39 is 78.2 Å². The van der Waals surface area contributed by atoms with Crippen LogP contribution in [0.25, 0.3) is 0 Å². The van der Waals surface area contributed by atoms with Gasteiger partial charge in [-0.15, -0.1) is 0 Å². The van der Waals surface area contributed by atoms with Crippen LogP contribution in [0.2, 0.25) is 0 Å². The molecule has 0 aromatic heterocycles. The van der Waals surface area contributed by atoms with Crippen LogP contribution in [0.3, 0.4) is 0 Å². The molecule has 10 heteroatoms. The summed E-state index contributed by atoms with van der Waals surface area (Å²) < 4.78 is 11.9. The summed E-state index contributed by atoms with van der Waals surface area (Å²) in [6, 6.07) is 0. The molecule has 10 nitrogen and oxygen atoms in total. The van der Waals surface area contributed by atoms with Crippen LogP contribution in [0.15, 0.2) is 12.2 Å². The molecule has 17 atom stereocenters. The SMILES string of the molecule is C=C(C)C(O)CCC(C)(O)C1CCC2(C)C1CCC1C3(C)C(O)C(O)C(OC4OC(CO)C(O)C(O)C4O)C(C)(C)C3CCC12C. The lowest BCUT2D eigenvalue weighted by Crippen LogP contribution is -2.73. The van der Waals surface area contributed by atoms with Crippen molar-refractivity contribution in [1.82, 2.24) is 0 Å². The lowest BCUT2D eigenvalue weighted by atomic mass is 9.34. The van der Waals surface area contributed by atoms with E-state index in [2.05, 4.69) is 27.4 Å². The van der Waals surface area contributed by atoms with E-state index in [0.29, 0.717) is 24.3 Å². The predicted molar refractivity (Wildman–Crippen MR) is 171 cm³/mol. The molecule has 1 heterocycles. The van der Waals surface area contributed by atoms with Crippen LogP contribution in [-0.2, 0) is 9.47 Å². The molecule has 46 heavy (non-hydrogen) atoms. The molecule has 17 unspecified atom stereocenters. The summed E-state index contributed by atoms with van der Waals surface area (Å²) in [7, 11) is 0. The molecule has 5 rings (SSSR count). The van der Waals surface area contributed by atoms with Crippen molar-refractivity contribution < 1.29 is 50.3 Å². The summed E-state index contributed by atoms with van der Waals surface area (Å²) in [5.74, 6) is 0.459. The first-order chi connectivity index (χ1) is 21.2. The third-order valence-electron chi connectivity index (χ3n) is 14.9. The van der Waals surface area contributed by atoms with Gasteiger partial charge in [0, 0.05) is 5.41 Å². The Morgan fingerprint density at radius 2 is 1.52 bits per heavy atom. The average Bonchev–Trinajstić information content (AvgIpc) is 3.36. The monoisotopic (exact) mass is 654 g/mol. The Bertz CT molecular complexity index is 1130. The van der Waals surface area contributed by atoms with Gasteiger partial charge in [-0.1, -0.05) is 46.8 Å². The van der Waals surface area contributed by atoms with Crippen molar-refractivity contribution in [3.05, 3.63) is 12.2 Å². The number of rotatable bonds is 8. The summed E-state index contributed by atoms with van der Waals surface area (Å²) in [5, 5.41) is 87.1. The molecule has 0 aromatic rings. The first-order valence-corrected chi connectivity index (χ1v) is 17.6. The fraction of sp³-hybridized carbons (Fsp3) is 0.944. The Morgan fingerprint density at radius 3 is 2.13 bits per heavy atom. The maximum atomic E-state index is 12.1. The van der Waals surface area contributed by atoms with Crippen molar-refractivity contribution in [2.45, 2.75) is 161 Å². The summed E-state index contributed by atoms with van der Waals surface area (Å²) in [5.41, 5.74) is -1.75. The van der Waals surface area contributed by atoms with Gasteiger partial charge >= 0.3 is 0 Å². The summed E-state index contributed by atoms with van der Waals surface area (Å²) >= 11 is 0. The molecular formula is C36H62O10. The molecule has 266 valence electrons. The van der Waals surface area contributed by atoms with Gasteiger partial charge in [0.2, 0.25) is 0 Å². The van der Waals surface area contributed by atoms with E-state index in [1.807, 2.05) is 27.7 Å². The zero-order valence-corrected chi connectivity index (χ0v) is 29.0. The van der Waals surface area contributed by atoms with Crippen LogP contribution in [0.4, 0.5) is 0 Å². The lowest BCUT2D eigenvalue weighted by molar-refractivity contribution is -0.355. The highest BCUT2D eigenvalue weighted by molar-refractivity contribution is 5.21. The molecule has 4 aliphatic carbocycles. The Kier molecular flexibility index (Phi) is 9.78. The van der Waals surface area contributed by atoms with Crippen LogP contribution in [-0.4, -0.2) is 108 Å². The van der Waals surface area contributed by atoms with E-state index in [1.54, 1.807) is 0 Å². The topological polar surface area (TPSA) is 180 Å². The molecule has 8 N–H and O–H groups in total. The molecule has 0 radical (unpaired) electrons. The highest BCUT2D eigenvalue weighted by Crippen LogP contribution is 2.76. The third-order valence-corrected chi connectivity index (χ3v) is 14.9. The molecule has 5 fully saturated rings. The second kappa shape index (κ2) is 12.3. The van der Waals surface area contributed by atoms with E-state index in [9.17, 15) is 40.9 Å². The number of aliphatic hydroxyl groups is 8. The lowest BCUT2D eigenvalue weighted by Gasteiger charge is -2.71. The largest absolute Gasteiger partial charge is 0.394 e. The van der Waals surface area contributed by atoms with Crippen LogP contribution < -0.4 is 0 Å². The second-order valence-electron chi connectivity index (χ2n) is 17.4. The summed E-state index contributed by atoms with van der Waals surface area (Å²) in [4.78, 5) is 0. The Morgan fingerprint density at radius 1 is 0.891 bits per heavy atom. The predicted octanol–water partition coefficient (Wildman–Crippen LogP) is 2.27. The van der Waals surface area contributed by atoms with Crippen molar-refractivity contribution in [3.63, 3.8) is 0 Å². The fourth-order valence-electron chi connectivity index (χ4n) is 12.0. The Balaban J connectivity index is 1.40. The molecule has 0 aromatic carbocycles. The molecule has 5 aliphatic rings. The van der Waals surface area contributed by atoms with Gasteiger partial charge in [0.1, 0.15) is 30.5 Å². The highest BCUT2D eigenvalue weighted by Gasteiger charge is 2.73. The van der Waals surface area contributed by atoms with Crippen molar-refractivity contribution >= 4 is 0 Å². The minimum atomic E-state index is -1.60. The van der Waals surface area contributed by atoms with Crippen molar-refractivity contribution in [2.24, 2.45) is 45.3 Å². The van der Waals surface area contributed by atoms with Crippen molar-refractivity contribution in [1.29, 1.82) is 0 Å². The van der Waals surface area contributed by atoms with Crippen LogP contribution in [0.5, 0.6) is 0 Å². The molecule has 1 saturated heterocycles. The molecule has 4 saturated carbocycles. The first-order valence-electron chi connectivity index (χ1n) is 17.6. The molecule has 1 aliphatic heterocycles. The van der Waals surface area contributed by atoms with Gasteiger partial charge in [-0.3, -0.25) is 0 Å². The van der Waals surface area contributed by atoms with Crippen molar-refractivity contribution in [3.8, 4) is 0 Å². The van der Waals surface area contributed by atoms with Crippen LogP contribution >= 0.6 is 0 Å². The Hall–Kier alpha value is -0.660. The number of hydrogen-bond acceptors (Lipinski definition) is 10. The van der Waals surface area contributed by atoms with E-state index in [1.165, 1.54) is 0 Å². The normalized spacial score (nSPS) is 52.2. The van der Waals surface area contributed by atoms with Crippen molar-refractivity contribution in [2.75, 3.05) is 6.61 Å². The summed E-state index contributed by atoms with van der Waals surface area (Å²) in [6.07, 6.45) is -4.93. The van der Waals surface area contributed by atoms with Gasteiger partial charge in [0.05, 0.1) is 30.5 Å². The van der Waals surface area contributed by atoms with E-state index in [4.69, 9.17) is 9.47 Å². The zero-order chi connectivity index (χ0) is 34.4. The molecule has 0 amide bonds. The number of aliphatic hydroxyl groups excluding tert-OH is 7. The Labute approximate surface area is 274 Å². The smallest absolute Gasteiger partial charge is 0.187 e. The number of fused-ring (bicyclic) bond motifs is 5. The van der Waals surface area contributed by atoms with Gasteiger partial charge in [0.25, 0.3) is 0 Å². The molecule has 0 spiro atoms. The molecular weight excluding hydrogens is 592 g/mol. The number of ether oxygens (including phenoxy) is 2. The standard InChI is InChI=1S/C36H62O10/c1-18(2)21(38)12-16-35(7,44)20-11-14-33(5)19(20)9-10-24-34(33,6)15-13-23-32(3,4)30(28(42)29(43)36(23,24)8)46-31-27(41)26(40)25(39)22(17-37)45-31/h19-31,37-44H,1,9-17H2,2-8H3. The van der Waals surface area contributed by atoms with Gasteiger partial charge in [-0.2, -0.15) is 0 Å². The van der Waals surface area contributed by atoms with E-state index in [-0.39, 0.29) is 28.6 Å². The fourth-order valence-corrected chi connectivity index (χ4v) is 12.0. The number of hydrogen-bond donors (Lipinski definition) is 8. The van der Waals surface area contributed by atoms with Crippen LogP contribution in [0.1, 0.15) is 99.8 Å². The van der Waals surface area contributed by atoms with Gasteiger partial charge in [-0.25, -0.2) is 0 Å². The second-order valence-corrected chi connectivity index (χ2v) is 17.4. The first kappa shape index (κ1) is 36.6. The van der Waals surface area contributed by atoms with E-state index in [0.717, 1.165) is 38.5 Å². The van der Waals surface area contributed by atoms with Gasteiger partial charge in [0.15, 0.2) is 6.29 Å².